The molecular formula is C23H23N3O6. The molecule has 9 heteroatoms. The number of carbonyl (C=O) groups excluding carboxylic acids is 1. The highest BCUT2D eigenvalue weighted by Crippen LogP contribution is 2.43. The summed E-state index contributed by atoms with van der Waals surface area (Å²) in [6, 6.07) is 8.25. The summed E-state index contributed by atoms with van der Waals surface area (Å²) in [6.45, 7) is 0.175. The Balaban J connectivity index is 1.34. The van der Waals surface area contributed by atoms with Gasteiger partial charge in [-0.25, -0.2) is 4.68 Å². The van der Waals surface area contributed by atoms with Crippen molar-refractivity contribution in [1.29, 1.82) is 0 Å². The minimum atomic E-state index is -0.608. The Kier molecular flexibility index (Phi) is 5.08. The number of aromatic nitrogens is 3. The van der Waals surface area contributed by atoms with Crippen LogP contribution in [-0.2, 0) is 6.61 Å². The number of ether oxygens (including phenoxy) is 3. The Morgan fingerprint density at radius 2 is 2.03 bits per heavy atom. The van der Waals surface area contributed by atoms with Crippen LogP contribution in [0.1, 0.15) is 59.4 Å². The lowest BCUT2D eigenvalue weighted by atomic mass is 9.93. The molecule has 5 rings (SSSR count). The van der Waals surface area contributed by atoms with Gasteiger partial charge in [0.2, 0.25) is 0 Å². The number of methoxy groups -OCH3 is 1. The van der Waals surface area contributed by atoms with Crippen molar-refractivity contribution in [2.75, 3.05) is 7.11 Å². The van der Waals surface area contributed by atoms with Crippen molar-refractivity contribution in [3.8, 4) is 28.7 Å². The third kappa shape index (κ3) is 3.70. The summed E-state index contributed by atoms with van der Waals surface area (Å²) < 4.78 is 18.7. The van der Waals surface area contributed by atoms with Crippen LogP contribution in [0, 0.1) is 0 Å². The predicted molar refractivity (Wildman–Crippen MR) is 112 cm³/mol. The van der Waals surface area contributed by atoms with Gasteiger partial charge in [-0.1, -0.05) is 11.3 Å². The molecule has 2 heterocycles. The SMILES string of the molecule is COc1ccc([C@@H]2CC(=O)c3c(O)cc(OCc4cn(C5CCC5)nn4)cc3O2)cc1O. The average Bonchev–Trinajstić information content (AvgIpc) is 3.18. The summed E-state index contributed by atoms with van der Waals surface area (Å²) >= 11 is 0. The molecular weight excluding hydrogens is 414 g/mol. The van der Waals surface area contributed by atoms with Crippen LogP contribution in [-0.4, -0.2) is 38.1 Å². The maximum Gasteiger partial charge on any atom is 0.174 e. The third-order valence-electron chi connectivity index (χ3n) is 5.94. The van der Waals surface area contributed by atoms with Gasteiger partial charge in [-0.15, -0.1) is 5.10 Å². The molecule has 9 nitrogen and oxygen atoms in total. The Bertz CT molecular complexity index is 1170. The number of phenolic OH excluding ortho intramolecular Hbond substituents is 2. The van der Waals surface area contributed by atoms with Crippen LogP contribution >= 0.6 is 0 Å². The van der Waals surface area contributed by atoms with E-state index < -0.39 is 6.10 Å². The first-order chi connectivity index (χ1) is 15.5. The number of fused-ring (bicyclic) bond motifs is 1. The minimum Gasteiger partial charge on any atom is -0.507 e. The molecule has 0 radical (unpaired) electrons. The lowest BCUT2D eigenvalue weighted by Crippen LogP contribution is -2.20. The molecule has 3 aromatic rings. The number of rotatable bonds is 6. The zero-order valence-electron chi connectivity index (χ0n) is 17.5. The van der Waals surface area contributed by atoms with Crippen LogP contribution < -0.4 is 14.2 Å². The molecule has 2 N–H and O–H groups in total. The van der Waals surface area contributed by atoms with Crippen molar-refractivity contribution < 1.29 is 29.2 Å². The van der Waals surface area contributed by atoms with Gasteiger partial charge in [0, 0.05) is 12.1 Å². The van der Waals surface area contributed by atoms with E-state index in [1.165, 1.54) is 25.7 Å². The number of carbonyl (C=O) groups is 1. The van der Waals surface area contributed by atoms with Gasteiger partial charge in [-0.05, 0) is 37.0 Å². The first-order valence-electron chi connectivity index (χ1n) is 10.5. The molecule has 32 heavy (non-hydrogen) atoms. The number of ketones is 1. The van der Waals surface area contributed by atoms with Gasteiger partial charge in [-0.3, -0.25) is 4.79 Å². The maximum atomic E-state index is 12.7. The number of aromatic hydroxyl groups is 2. The van der Waals surface area contributed by atoms with Crippen molar-refractivity contribution in [2.24, 2.45) is 0 Å². The lowest BCUT2D eigenvalue weighted by molar-refractivity contribution is 0.0844. The van der Waals surface area contributed by atoms with Crippen LogP contribution in [0.4, 0.5) is 0 Å². The molecule has 0 amide bonds. The molecule has 166 valence electrons. The highest BCUT2D eigenvalue weighted by molar-refractivity contribution is 6.02. The van der Waals surface area contributed by atoms with Crippen LogP contribution in [0.15, 0.2) is 36.5 Å². The first-order valence-corrected chi connectivity index (χ1v) is 10.5. The van der Waals surface area contributed by atoms with Crippen molar-refractivity contribution in [3.05, 3.63) is 53.3 Å². The van der Waals surface area contributed by atoms with Gasteiger partial charge in [0.05, 0.1) is 25.8 Å². The fourth-order valence-corrected chi connectivity index (χ4v) is 3.96. The van der Waals surface area contributed by atoms with Gasteiger partial charge in [0.25, 0.3) is 0 Å². The second-order valence-corrected chi connectivity index (χ2v) is 8.04. The number of benzene rings is 2. The van der Waals surface area contributed by atoms with E-state index in [-0.39, 0.29) is 41.6 Å². The van der Waals surface area contributed by atoms with Gasteiger partial charge in [-0.2, -0.15) is 0 Å². The van der Waals surface area contributed by atoms with Crippen LogP contribution in [0.25, 0.3) is 0 Å². The summed E-state index contributed by atoms with van der Waals surface area (Å²) in [5, 5.41) is 28.8. The number of nitrogens with zero attached hydrogens (tertiary/aromatic N) is 3. The molecule has 0 bridgehead atoms. The molecule has 0 saturated heterocycles. The summed E-state index contributed by atoms with van der Waals surface area (Å²) in [4.78, 5) is 12.7. The highest BCUT2D eigenvalue weighted by atomic mass is 16.5. The summed E-state index contributed by atoms with van der Waals surface area (Å²) in [7, 11) is 1.46. The topological polar surface area (TPSA) is 116 Å². The number of Topliss-reactive ketones (excluding diaryl/α,β-unsaturated/α-hetero) is 1. The molecule has 1 saturated carbocycles. The predicted octanol–water partition coefficient (Wildman–Crippen LogP) is 3.71. The number of hydrogen-bond acceptors (Lipinski definition) is 8. The Hall–Kier alpha value is -3.75. The molecule has 0 spiro atoms. The molecule has 1 aromatic heterocycles. The molecule has 1 aliphatic carbocycles. The molecule has 2 aliphatic rings. The second-order valence-electron chi connectivity index (χ2n) is 8.04. The fraction of sp³-hybridized carbons (Fsp3) is 0.348. The van der Waals surface area contributed by atoms with Gasteiger partial charge < -0.3 is 24.4 Å². The van der Waals surface area contributed by atoms with E-state index in [1.807, 2.05) is 10.9 Å². The van der Waals surface area contributed by atoms with Gasteiger partial charge in [0.1, 0.15) is 41.2 Å². The summed E-state index contributed by atoms with van der Waals surface area (Å²) in [5.41, 5.74) is 1.43. The smallest absolute Gasteiger partial charge is 0.174 e. The lowest BCUT2D eigenvalue weighted by Gasteiger charge is -2.26. The Morgan fingerprint density at radius 1 is 1.19 bits per heavy atom. The minimum absolute atomic E-state index is 0.0385. The monoisotopic (exact) mass is 437 g/mol. The van der Waals surface area contributed by atoms with E-state index in [9.17, 15) is 15.0 Å². The summed E-state index contributed by atoms with van der Waals surface area (Å²) in [6.07, 6.45) is 4.73. The van der Waals surface area contributed by atoms with E-state index in [4.69, 9.17) is 14.2 Å². The zero-order valence-corrected chi connectivity index (χ0v) is 17.5. The van der Waals surface area contributed by atoms with Crippen molar-refractivity contribution in [1.82, 2.24) is 15.0 Å². The van der Waals surface area contributed by atoms with Crippen LogP contribution in [0.3, 0.4) is 0 Å². The molecule has 0 unspecified atom stereocenters. The number of hydrogen-bond donors (Lipinski definition) is 2. The zero-order chi connectivity index (χ0) is 22.2. The van der Waals surface area contributed by atoms with Gasteiger partial charge in [0.15, 0.2) is 17.3 Å². The van der Waals surface area contributed by atoms with Crippen molar-refractivity contribution in [2.45, 2.75) is 44.4 Å². The normalized spacial score (nSPS) is 17.9. The fourth-order valence-electron chi connectivity index (χ4n) is 3.96. The molecule has 1 fully saturated rings. The van der Waals surface area contributed by atoms with E-state index in [0.717, 1.165) is 12.8 Å². The second kappa shape index (κ2) is 8.07. The van der Waals surface area contributed by atoms with Gasteiger partial charge >= 0.3 is 0 Å². The van der Waals surface area contributed by atoms with E-state index in [1.54, 1.807) is 18.2 Å². The first kappa shape index (κ1) is 20.2. The maximum absolute atomic E-state index is 12.7. The van der Waals surface area contributed by atoms with E-state index in [0.29, 0.717) is 28.8 Å². The van der Waals surface area contributed by atoms with Crippen LogP contribution in [0.5, 0.6) is 28.7 Å². The number of phenols is 2. The largest absolute Gasteiger partial charge is 0.507 e. The Morgan fingerprint density at radius 3 is 2.75 bits per heavy atom. The highest BCUT2D eigenvalue weighted by Gasteiger charge is 2.31. The molecule has 1 aliphatic heterocycles. The average molecular weight is 437 g/mol. The summed E-state index contributed by atoms with van der Waals surface area (Å²) in [5.74, 6) is 0.427. The third-order valence-corrected chi connectivity index (χ3v) is 5.94. The van der Waals surface area contributed by atoms with Crippen molar-refractivity contribution >= 4 is 5.78 Å². The van der Waals surface area contributed by atoms with Crippen molar-refractivity contribution in [3.63, 3.8) is 0 Å². The quantitative estimate of drug-likeness (QED) is 0.600. The molecule has 2 aromatic carbocycles. The standard InChI is InChI=1S/C23H23N3O6/c1-30-20-6-5-13(7-17(20)27)21-10-19(29)23-18(28)8-16(9-22(23)32-21)31-12-14-11-26(25-24-14)15-3-2-4-15/h5-9,11,15,21,27-28H,2-4,10,12H2,1H3/t21-/m0/s1. The molecule has 1 atom stereocenters. The van der Waals surface area contributed by atoms with E-state index in [2.05, 4.69) is 10.3 Å². The Labute approximate surface area is 184 Å². The van der Waals surface area contributed by atoms with Crippen LogP contribution in [0.2, 0.25) is 0 Å². The van der Waals surface area contributed by atoms with E-state index >= 15 is 0 Å².